The van der Waals surface area contributed by atoms with Crippen LogP contribution in [0.4, 0.5) is 0 Å². The molecule has 4 heteroatoms. The molecule has 0 bridgehead atoms. The van der Waals surface area contributed by atoms with E-state index in [1.165, 1.54) is 0 Å². The van der Waals surface area contributed by atoms with Gasteiger partial charge in [0, 0.05) is 19.7 Å². The Hall–Kier alpha value is -1.32. The molecule has 2 heterocycles. The van der Waals surface area contributed by atoms with E-state index < -0.39 is 0 Å². The normalized spacial score (nSPS) is 22.2. The fourth-order valence-electron chi connectivity index (χ4n) is 1.92. The zero-order valence-corrected chi connectivity index (χ0v) is 7.66. The van der Waals surface area contributed by atoms with Crippen LogP contribution in [0.2, 0.25) is 0 Å². The molecule has 1 atom stereocenters. The van der Waals surface area contributed by atoms with Gasteiger partial charge in [-0.25, -0.2) is 0 Å². The van der Waals surface area contributed by atoms with Gasteiger partial charge in [-0.15, -0.1) is 0 Å². The van der Waals surface area contributed by atoms with Crippen LogP contribution in [0.5, 0.6) is 0 Å². The maximum Gasteiger partial charge on any atom is 0.220 e. The zero-order valence-electron chi connectivity index (χ0n) is 7.66. The minimum Gasteiger partial charge on any atom is -0.334 e. The van der Waals surface area contributed by atoms with Crippen molar-refractivity contribution in [3.63, 3.8) is 0 Å². The van der Waals surface area contributed by atoms with Crippen molar-refractivity contribution in [3.8, 4) is 0 Å². The third-order valence-corrected chi connectivity index (χ3v) is 2.54. The first-order chi connectivity index (χ1) is 6.29. The number of carbonyl (C=O) groups excluding carboxylic acids is 1. The summed E-state index contributed by atoms with van der Waals surface area (Å²) in [7, 11) is 0. The van der Waals surface area contributed by atoms with E-state index in [1.54, 1.807) is 13.1 Å². The van der Waals surface area contributed by atoms with Crippen molar-refractivity contribution in [1.29, 1.82) is 0 Å². The van der Waals surface area contributed by atoms with Crippen LogP contribution in [0.1, 0.15) is 31.5 Å². The van der Waals surface area contributed by atoms with E-state index in [2.05, 4.69) is 10.2 Å². The average Bonchev–Trinajstić information content (AvgIpc) is 2.74. The summed E-state index contributed by atoms with van der Waals surface area (Å²) in [5.41, 5.74) is 1.05. The van der Waals surface area contributed by atoms with Crippen molar-refractivity contribution in [2.75, 3.05) is 6.54 Å². The first-order valence-electron chi connectivity index (χ1n) is 4.55. The summed E-state index contributed by atoms with van der Waals surface area (Å²) >= 11 is 0. The molecular weight excluding hydrogens is 166 g/mol. The summed E-state index contributed by atoms with van der Waals surface area (Å²) in [4.78, 5) is 13.1. The molecule has 4 nitrogen and oxygen atoms in total. The standard InChI is InChI=1S/C9H13N3O/c1-7(13)12-6-2-3-9(12)8-4-5-10-11-8/h4-5,9H,2-3,6H2,1H3,(H,10,11). The fraction of sp³-hybridized carbons (Fsp3) is 0.556. The number of nitrogens with zero attached hydrogens (tertiary/aromatic N) is 2. The van der Waals surface area contributed by atoms with Crippen LogP contribution >= 0.6 is 0 Å². The van der Waals surface area contributed by atoms with Crippen molar-refractivity contribution in [2.45, 2.75) is 25.8 Å². The van der Waals surface area contributed by atoms with Gasteiger partial charge in [-0.05, 0) is 18.9 Å². The van der Waals surface area contributed by atoms with E-state index in [0.29, 0.717) is 0 Å². The van der Waals surface area contributed by atoms with Gasteiger partial charge in [0.05, 0.1) is 11.7 Å². The third kappa shape index (κ3) is 1.43. The summed E-state index contributed by atoms with van der Waals surface area (Å²) in [5.74, 6) is 0.150. The Morgan fingerprint density at radius 2 is 2.62 bits per heavy atom. The highest BCUT2D eigenvalue weighted by molar-refractivity contribution is 5.74. The number of rotatable bonds is 1. The molecule has 1 fully saturated rings. The first-order valence-corrected chi connectivity index (χ1v) is 4.55. The smallest absolute Gasteiger partial charge is 0.220 e. The van der Waals surface area contributed by atoms with Crippen molar-refractivity contribution in [1.82, 2.24) is 15.1 Å². The number of aromatic nitrogens is 2. The summed E-state index contributed by atoms with van der Waals surface area (Å²) in [6.45, 7) is 2.49. The Morgan fingerprint density at radius 1 is 1.77 bits per heavy atom. The van der Waals surface area contributed by atoms with Crippen LogP contribution in [-0.4, -0.2) is 27.5 Å². The molecule has 13 heavy (non-hydrogen) atoms. The third-order valence-electron chi connectivity index (χ3n) is 2.54. The van der Waals surface area contributed by atoms with Gasteiger partial charge in [-0.1, -0.05) is 0 Å². The maximum absolute atomic E-state index is 11.2. The number of aromatic amines is 1. The van der Waals surface area contributed by atoms with Crippen molar-refractivity contribution >= 4 is 5.91 Å². The average molecular weight is 179 g/mol. The lowest BCUT2D eigenvalue weighted by atomic mass is 10.1. The summed E-state index contributed by atoms with van der Waals surface area (Å²) < 4.78 is 0. The van der Waals surface area contributed by atoms with E-state index in [-0.39, 0.29) is 11.9 Å². The molecule has 2 rings (SSSR count). The van der Waals surface area contributed by atoms with E-state index in [0.717, 1.165) is 25.1 Å². The van der Waals surface area contributed by atoms with Gasteiger partial charge in [-0.2, -0.15) is 5.10 Å². The maximum atomic E-state index is 11.2. The van der Waals surface area contributed by atoms with Crippen molar-refractivity contribution in [3.05, 3.63) is 18.0 Å². The molecule has 1 amide bonds. The van der Waals surface area contributed by atoms with Gasteiger partial charge in [0.1, 0.15) is 0 Å². The highest BCUT2D eigenvalue weighted by Gasteiger charge is 2.28. The molecule has 1 unspecified atom stereocenters. The molecule has 1 aliphatic heterocycles. The predicted octanol–water partition coefficient (Wildman–Crippen LogP) is 1.09. The van der Waals surface area contributed by atoms with Gasteiger partial charge >= 0.3 is 0 Å². The molecule has 0 aliphatic carbocycles. The van der Waals surface area contributed by atoms with Crippen molar-refractivity contribution in [2.24, 2.45) is 0 Å². The Balaban J connectivity index is 2.19. The van der Waals surface area contributed by atoms with Crippen LogP contribution in [0.15, 0.2) is 12.3 Å². The molecule has 0 aromatic carbocycles. The number of nitrogens with one attached hydrogen (secondary N) is 1. The lowest BCUT2D eigenvalue weighted by Crippen LogP contribution is -2.28. The largest absolute Gasteiger partial charge is 0.334 e. The molecule has 0 saturated carbocycles. The van der Waals surface area contributed by atoms with E-state index in [1.807, 2.05) is 11.0 Å². The SMILES string of the molecule is CC(=O)N1CCCC1c1ccn[nH]1. The van der Waals surface area contributed by atoms with Gasteiger partial charge < -0.3 is 4.90 Å². The number of hydrogen-bond donors (Lipinski definition) is 1. The van der Waals surface area contributed by atoms with Crippen LogP contribution in [0, 0.1) is 0 Å². The molecule has 1 saturated heterocycles. The van der Waals surface area contributed by atoms with Gasteiger partial charge in [-0.3, -0.25) is 9.89 Å². The van der Waals surface area contributed by atoms with Crippen LogP contribution < -0.4 is 0 Å². The molecule has 1 aliphatic rings. The monoisotopic (exact) mass is 179 g/mol. The number of H-pyrrole nitrogens is 1. The highest BCUT2D eigenvalue weighted by atomic mass is 16.2. The molecule has 1 aromatic heterocycles. The minimum atomic E-state index is 0.150. The minimum absolute atomic E-state index is 0.150. The van der Waals surface area contributed by atoms with E-state index in [4.69, 9.17) is 0 Å². The Morgan fingerprint density at radius 3 is 3.23 bits per heavy atom. The number of likely N-dealkylation sites (tertiary alicyclic amines) is 1. The van der Waals surface area contributed by atoms with Crippen molar-refractivity contribution < 1.29 is 4.79 Å². The molecule has 0 spiro atoms. The lowest BCUT2D eigenvalue weighted by Gasteiger charge is -2.21. The topological polar surface area (TPSA) is 49.0 Å². The predicted molar refractivity (Wildman–Crippen MR) is 47.9 cm³/mol. The second-order valence-corrected chi connectivity index (χ2v) is 3.38. The molecule has 0 radical (unpaired) electrons. The van der Waals surface area contributed by atoms with Crippen LogP contribution in [0.25, 0.3) is 0 Å². The summed E-state index contributed by atoms with van der Waals surface area (Å²) in [6, 6.07) is 2.16. The molecule has 1 aromatic rings. The first kappa shape index (κ1) is 8.29. The lowest BCUT2D eigenvalue weighted by molar-refractivity contribution is -0.129. The molecular formula is C9H13N3O. The Labute approximate surface area is 76.9 Å². The van der Waals surface area contributed by atoms with Crippen LogP contribution in [0.3, 0.4) is 0 Å². The summed E-state index contributed by atoms with van der Waals surface area (Å²) in [6.07, 6.45) is 3.86. The second-order valence-electron chi connectivity index (χ2n) is 3.38. The Bertz CT molecular complexity index is 294. The highest BCUT2D eigenvalue weighted by Crippen LogP contribution is 2.30. The van der Waals surface area contributed by atoms with E-state index in [9.17, 15) is 4.79 Å². The van der Waals surface area contributed by atoms with Gasteiger partial charge in [0.25, 0.3) is 0 Å². The fourth-order valence-corrected chi connectivity index (χ4v) is 1.92. The Kier molecular flexibility index (Phi) is 2.04. The quantitative estimate of drug-likeness (QED) is 0.701. The van der Waals surface area contributed by atoms with Gasteiger partial charge in [0.15, 0.2) is 0 Å². The second kappa shape index (κ2) is 3.20. The number of amides is 1. The number of hydrogen-bond acceptors (Lipinski definition) is 2. The van der Waals surface area contributed by atoms with Gasteiger partial charge in [0.2, 0.25) is 5.91 Å². The molecule has 1 N–H and O–H groups in total. The van der Waals surface area contributed by atoms with E-state index >= 15 is 0 Å². The zero-order chi connectivity index (χ0) is 9.26. The van der Waals surface area contributed by atoms with Crippen LogP contribution in [-0.2, 0) is 4.79 Å². The summed E-state index contributed by atoms with van der Waals surface area (Å²) in [5, 5.41) is 6.82. The molecule has 70 valence electrons. The number of carbonyl (C=O) groups is 1.